The van der Waals surface area contributed by atoms with Gasteiger partial charge in [-0.05, 0) is 74.2 Å². The average molecular weight is 668 g/mol. The predicted octanol–water partition coefficient (Wildman–Crippen LogP) is 6.60. The molecule has 252 valence electrons. The van der Waals surface area contributed by atoms with Crippen molar-refractivity contribution in [3.05, 3.63) is 125 Å². The molecular weight excluding hydrogens is 623 g/mol. The zero-order valence-electron chi connectivity index (χ0n) is 28.0. The lowest BCUT2D eigenvalue weighted by Crippen LogP contribution is -2.55. The summed E-state index contributed by atoms with van der Waals surface area (Å²) in [7, 11) is -2.65. The second-order valence-electron chi connectivity index (χ2n) is 12.6. The van der Waals surface area contributed by atoms with E-state index in [1.54, 1.807) is 53.4 Å². The maximum absolute atomic E-state index is 14.7. The first-order valence-electron chi connectivity index (χ1n) is 16.6. The van der Waals surface area contributed by atoms with Crippen molar-refractivity contribution in [3.8, 4) is 5.75 Å². The molecule has 0 aromatic heterocycles. The van der Waals surface area contributed by atoms with E-state index in [0.717, 1.165) is 58.7 Å². The van der Waals surface area contributed by atoms with Crippen molar-refractivity contribution in [2.24, 2.45) is 0 Å². The Bertz CT molecular complexity index is 1770. The molecule has 0 radical (unpaired) electrons. The van der Waals surface area contributed by atoms with Gasteiger partial charge in [0.2, 0.25) is 11.8 Å². The van der Waals surface area contributed by atoms with Crippen LogP contribution in [0.1, 0.15) is 54.4 Å². The van der Waals surface area contributed by atoms with E-state index in [-0.39, 0.29) is 29.8 Å². The van der Waals surface area contributed by atoms with E-state index in [2.05, 4.69) is 5.32 Å². The largest absolute Gasteiger partial charge is 0.497 e. The Balaban J connectivity index is 1.56. The van der Waals surface area contributed by atoms with E-state index < -0.39 is 28.5 Å². The van der Waals surface area contributed by atoms with Crippen LogP contribution in [0.2, 0.25) is 0 Å². The maximum atomic E-state index is 14.7. The number of nitrogens with one attached hydrogen (secondary N) is 1. The number of hydrogen-bond acceptors (Lipinski definition) is 5. The molecule has 0 spiro atoms. The van der Waals surface area contributed by atoms with Crippen LogP contribution in [0, 0.1) is 13.8 Å². The Hall–Kier alpha value is -4.63. The maximum Gasteiger partial charge on any atom is 0.264 e. The number of sulfonamides is 1. The van der Waals surface area contributed by atoms with E-state index in [9.17, 15) is 18.0 Å². The molecule has 9 heteroatoms. The van der Waals surface area contributed by atoms with Gasteiger partial charge in [0.25, 0.3) is 10.0 Å². The Morgan fingerprint density at radius 3 is 2.12 bits per heavy atom. The van der Waals surface area contributed by atoms with Crippen molar-refractivity contribution in [1.29, 1.82) is 0 Å². The van der Waals surface area contributed by atoms with Gasteiger partial charge in [-0.3, -0.25) is 13.9 Å². The first kappa shape index (κ1) is 34.7. The third-order valence-electron chi connectivity index (χ3n) is 8.91. The third-order valence-corrected chi connectivity index (χ3v) is 10.7. The standard InChI is InChI=1S/C39H45N3O5S/c1-29-17-23-36(24-18-29)48(45,46)42(34-19-21-35(47-3)22-20-34)28-38(43)41(27-32-14-10-11-30(2)25-32)37(26-31-12-6-4-7-13-31)39(44)40-33-15-8-5-9-16-33/h4,6-7,10-14,17-25,33,37H,5,8-9,15-16,26-28H2,1-3H3,(H,40,44). The molecule has 1 fully saturated rings. The minimum Gasteiger partial charge on any atom is -0.497 e. The Morgan fingerprint density at radius 2 is 1.48 bits per heavy atom. The fourth-order valence-corrected chi connectivity index (χ4v) is 7.63. The van der Waals surface area contributed by atoms with E-state index in [1.165, 1.54) is 7.11 Å². The highest BCUT2D eigenvalue weighted by atomic mass is 32.2. The molecule has 0 heterocycles. The number of amides is 2. The molecule has 0 bridgehead atoms. The molecule has 1 N–H and O–H groups in total. The molecule has 0 aliphatic heterocycles. The fraction of sp³-hybridized carbons (Fsp3) is 0.333. The van der Waals surface area contributed by atoms with E-state index in [4.69, 9.17) is 4.74 Å². The molecule has 4 aromatic carbocycles. The van der Waals surface area contributed by atoms with Crippen LogP contribution in [0.4, 0.5) is 5.69 Å². The highest BCUT2D eigenvalue weighted by Gasteiger charge is 2.35. The summed E-state index contributed by atoms with van der Waals surface area (Å²) in [5, 5.41) is 3.25. The van der Waals surface area contributed by atoms with Crippen molar-refractivity contribution in [1.82, 2.24) is 10.2 Å². The molecule has 5 rings (SSSR count). The third kappa shape index (κ3) is 8.83. The molecule has 4 aromatic rings. The van der Waals surface area contributed by atoms with Crippen LogP contribution in [0.5, 0.6) is 5.75 Å². The number of hydrogen-bond donors (Lipinski definition) is 1. The smallest absolute Gasteiger partial charge is 0.264 e. The number of rotatable bonds is 13. The van der Waals surface area contributed by atoms with E-state index in [1.807, 2.05) is 68.4 Å². The van der Waals surface area contributed by atoms with Crippen LogP contribution in [-0.4, -0.2) is 50.9 Å². The van der Waals surface area contributed by atoms with Crippen LogP contribution in [-0.2, 0) is 32.6 Å². The van der Waals surface area contributed by atoms with Crippen LogP contribution in [0.15, 0.2) is 108 Å². The summed E-state index contributed by atoms with van der Waals surface area (Å²) in [6.07, 6.45) is 5.33. The number of carbonyl (C=O) groups excluding carboxylic acids is 2. The van der Waals surface area contributed by atoms with Crippen LogP contribution in [0.25, 0.3) is 0 Å². The molecule has 48 heavy (non-hydrogen) atoms. The molecular formula is C39H45N3O5S. The van der Waals surface area contributed by atoms with Crippen LogP contribution in [0.3, 0.4) is 0 Å². The van der Waals surface area contributed by atoms with Crippen molar-refractivity contribution in [2.75, 3.05) is 18.0 Å². The van der Waals surface area contributed by atoms with Crippen molar-refractivity contribution < 1.29 is 22.7 Å². The molecule has 1 atom stereocenters. The number of methoxy groups -OCH3 is 1. The number of benzene rings is 4. The number of aryl methyl sites for hydroxylation is 2. The van der Waals surface area contributed by atoms with Crippen LogP contribution < -0.4 is 14.4 Å². The van der Waals surface area contributed by atoms with E-state index >= 15 is 0 Å². The Labute approximate surface area is 284 Å². The molecule has 1 unspecified atom stereocenters. The van der Waals surface area contributed by atoms with Crippen molar-refractivity contribution in [3.63, 3.8) is 0 Å². The Kier molecular flexibility index (Phi) is 11.5. The minimum absolute atomic E-state index is 0.0400. The molecule has 8 nitrogen and oxygen atoms in total. The van der Waals surface area contributed by atoms with Gasteiger partial charge < -0.3 is 15.0 Å². The summed E-state index contributed by atoms with van der Waals surface area (Å²) in [6, 6.07) is 29.8. The van der Waals surface area contributed by atoms with Gasteiger partial charge in [0.05, 0.1) is 17.7 Å². The topological polar surface area (TPSA) is 96.0 Å². The minimum atomic E-state index is -4.18. The quantitative estimate of drug-likeness (QED) is 0.174. The lowest BCUT2D eigenvalue weighted by atomic mass is 9.94. The first-order valence-corrected chi connectivity index (χ1v) is 18.0. The number of ether oxygens (including phenoxy) is 1. The van der Waals surface area contributed by atoms with Crippen LogP contribution >= 0.6 is 0 Å². The summed E-state index contributed by atoms with van der Waals surface area (Å²) in [4.78, 5) is 30.6. The van der Waals surface area contributed by atoms with Gasteiger partial charge >= 0.3 is 0 Å². The zero-order chi connectivity index (χ0) is 34.1. The van der Waals surface area contributed by atoms with Crippen molar-refractivity contribution in [2.45, 2.75) is 75.9 Å². The summed E-state index contributed by atoms with van der Waals surface area (Å²) >= 11 is 0. The van der Waals surface area contributed by atoms with Gasteiger partial charge in [0.15, 0.2) is 0 Å². The monoisotopic (exact) mass is 667 g/mol. The summed E-state index contributed by atoms with van der Waals surface area (Å²) in [6.45, 7) is 3.50. The lowest BCUT2D eigenvalue weighted by molar-refractivity contribution is -0.140. The zero-order valence-corrected chi connectivity index (χ0v) is 28.8. The van der Waals surface area contributed by atoms with Gasteiger partial charge in [0, 0.05) is 19.0 Å². The lowest BCUT2D eigenvalue weighted by Gasteiger charge is -2.35. The summed E-state index contributed by atoms with van der Waals surface area (Å²) < 4.78 is 35.0. The van der Waals surface area contributed by atoms with Gasteiger partial charge in [-0.2, -0.15) is 0 Å². The number of anilines is 1. The average Bonchev–Trinajstić information content (AvgIpc) is 3.09. The molecule has 2 amide bonds. The highest BCUT2D eigenvalue weighted by Crippen LogP contribution is 2.27. The molecule has 1 saturated carbocycles. The second-order valence-corrected chi connectivity index (χ2v) is 14.4. The first-order chi connectivity index (χ1) is 23.1. The predicted molar refractivity (Wildman–Crippen MR) is 189 cm³/mol. The molecule has 1 aliphatic carbocycles. The highest BCUT2D eigenvalue weighted by molar-refractivity contribution is 7.92. The Morgan fingerprint density at radius 1 is 0.812 bits per heavy atom. The fourth-order valence-electron chi connectivity index (χ4n) is 6.22. The van der Waals surface area contributed by atoms with Gasteiger partial charge in [0.1, 0.15) is 18.3 Å². The SMILES string of the molecule is COc1ccc(N(CC(=O)N(Cc2cccc(C)c2)C(Cc2ccccc2)C(=O)NC2CCCCC2)S(=O)(=O)c2ccc(C)cc2)cc1. The van der Waals surface area contributed by atoms with Crippen molar-refractivity contribution >= 4 is 27.5 Å². The number of nitrogens with zero attached hydrogens (tertiary/aromatic N) is 2. The van der Waals surface area contributed by atoms with E-state index in [0.29, 0.717) is 11.4 Å². The van der Waals surface area contributed by atoms with Gasteiger partial charge in [-0.1, -0.05) is 97.1 Å². The summed E-state index contributed by atoms with van der Waals surface area (Å²) in [5.74, 6) is -0.159. The normalized spacial score (nSPS) is 14.1. The molecule has 0 saturated heterocycles. The summed E-state index contributed by atoms with van der Waals surface area (Å²) in [5.41, 5.74) is 4.00. The van der Waals surface area contributed by atoms with Gasteiger partial charge in [-0.15, -0.1) is 0 Å². The number of carbonyl (C=O) groups is 2. The second kappa shape index (κ2) is 16.0. The van der Waals surface area contributed by atoms with Gasteiger partial charge in [-0.25, -0.2) is 8.42 Å². The molecule has 1 aliphatic rings.